The molecular formula is C38H47Cl2N2ORu-. The van der Waals surface area contributed by atoms with Crippen molar-refractivity contribution in [3.05, 3.63) is 94.1 Å². The van der Waals surface area contributed by atoms with Crippen LogP contribution in [-0.4, -0.2) is 23.3 Å². The predicted molar refractivity (Wildman–Crippen MR) is 185 cm³/mol. The fraction of sp³-hybridized carbons (Fsp3) is 0.474. The zero-order valence-corrected chi connectivity index (χ0v) is 30.3. The Morgan fingerprint density at radius 1 is 0.727 bits per heavy atom. The summed E-state index contributed by atoms with van der Waals surface area (Å²) in [6.45, 7) is 17.6. The second-order valence-electron chi connectivity index (χ2n) is 14.0. The Balaban J connectivity index is 0.000000156. The zero-order valence-electron chi connectivity index (χ0n) is 27.1. The number of aryl methyl sites for hydroxylation is 6. The fourth-order valence-electron chi connectivity index (χ4n) is 9.22. The molecule has 1 aliphatic heterocycles. The van der Waals surface area contributed by atoms with Crippen molar-refractivity contribution < 1.29 is 18.3 Å². The summed E-state index contributed by atoms with van der Waals surface area (Å²) in [6.07, 6.45) is 8.06. The minimum atomic E-state index is -1.82. The third-order valence-corrected chi connectivity index (χ3v) is 12.0. The van der Waals surface area contributed by atoms with E-state index in [2.05, 4.69) is 94.4 Å². The topological polar surface area (TPSA) is 15.7 Å². The second-order valence-corrected chi connectivity index (χ2v) is 19.8. The number of halogens is 2. The van der Waals surface area contributed by atoms with Crippen molar-refractivity contribution in [1.82, 2.24) is 0 Å². The molecule has 6 heteroatoms. The van der Waals surface area contributed by atoms with E-state index in [0.29, 0.717) is 0 Å². The molecule has 0 N–H and O–H groups in total. The van der Waals surface area contributed by atoms with E-state index in [1.54, 1.807) is 0 Å². The van der Waals surface area contributed by atoms with Gasteiger partial charge in [-0.05, 0) is 63.8 Å². The minimum absolute atomic E-state index is 0.0921. The van der Waals surface area contributed by atoms with E-state index in [1.807, 2.05) is 16.7 Å². The quantitative estimate of drug-likeness (QED) is 0.193. The van der Waals surface area contributed by atoms with Crippen molar-refractivity contribution in [3.8, 4) is 5.75 Å². The van der Waals surface area contributed by atoms with Crippen LogP contribution < -0.4 is 14.5 Å². The van der Waals surface area contributed by atoms with Crippen LogP contribution in [0, 0.1) is 66.0 Å². The van der Waals surface area contributed by atoms with Gasteiger partial charge in [-0.3, -0.25) is 0 Å². The van der Waals surface area contributed by atoms with Crippen molar-refractivity contribution in [2.45, 2.75) is 85.7 Å². The molecule has 3 nitrogen and oxygen atoms in total. The number of nitrogens with zero attached hydrogens (tertiary/aromatic N) is 2. The number of ether oxygens (including phenoxy) is 1. The average Bonchev–Trinajstić information content (AvgIpc) is 3.37. The Morgan fingerprint density at radius 2 is 1.16 bits per heavy atom. The number of para-hydroxylation sites is 1. The summed E-state index contributed by atoms with van der Waals surface area (Å²) in [6, 6.07) is 17.3. The van der Waals surface area contributed by atoms with E-state index in [1.165, 1.54) is 83.3 Å². The molecule has 3 aromatic carbocycles. The molecular weight excluding hydrogens is 672 g/mol. The molecule has 0 unspecified atom stereocenters. The summed E-state index contributed by atoms with van der Waals surface area (Å²) in [4.78, 5) is 4.81. The molecule has 3 aromatic rings. The van der Waals surface area contributed by atoms with Gasteiger partial charge < -0.3 is 9.80 Å². The summed E-state index contributed by atoms with van der Waals surface area (Å²) in [5.41, 5.74) is 12.0. The summed E-state index contributed by atoms with van der Waals surface area (Å²) in [7, 11) is 12.1. The van der Waals surface area contributed by atoms with Gasteiger partial charge in [0, 0.05) is 24.5 Å². The maximum atomic E-state index is 6.62. The molecule has 1 saturated heterocycles. The van der Waals surface area contributed by atoms with Crippen LogP contribution in [0.4, 0.5) is 11.4 Å². The molecule has 4 aliphatic carbocycles. The van der Waals surface area contributed by atoms with Crippen molar-refractivity contribution >= 4 is 35.4 Å². The van der Waals surface area contributed by atoms with Gasteiger partial charge in [-0.15, -0.1) is 0 Å². The molecule has 44 heavy (non-hydrogen) atoms. The van der Waals surface area contributed by atoms with Gasteiger partial charge in [0.1, 0.15) is 0 Å². The molecule has 5 fully saturated rings. The summed E-state index contributed by atoms with van der Waals surface area (Å²) in [5.74, 6) is 3.68. The monoisotopic (exact) mass is 719 g/mol. The van der Waals surface area contributed by atoms with Crippen LogP contribution in [0.1, 0.15) is 77.5 Å². The Hall–Kier alpha value is -1.87. The number of anilines is 2. The van der Waals surface area contributed by atoms with Gasteiger partial charge in [-0.1, -0.05) is 35.4 Å². The van der Waals surface area contributed by atoms with Crippen molar-refractivity contribution in [2.24, 2.45) is 17.8 Å². The molecule has 0 amide bonds. The van der Waals surface area contributed by atoms with Gasteiger partial charge in [-0.2, -0.15) is 6.67 Å². The maximum absolute atomic E-state index is 6.62. The molecule has 4 bridgehead atoms. The van der Waals surface area contributed by atoms with Gasteiger partial charge >= 0.3 is 140 Å². The summed E-state index contributed by atoms with van der Waals surface area (Å²) in [5, 5.41) is 0. The predicted octanol–water partition coefficient (Wildman–Crippen LogP) is 10.1. The number of rotatable bonds is 5. The van der Waals surface area contributed by atoms with E-state index in [-0.39, 0.29) is 5.60 Å². The molecule has 238 valence electrons. The number of benzene rings is 3. The van der Waals surface area contributed by atoms with E-state index in [4.69, 9.17) is 24.1 Å². The van der Waals surface area contributed by atoms with E-state index in [9.17, 15) is 0 Å². The molecule has 0 atom stereocenters. The van der Waals surface area contributed by atoms with E-state index in [0.717, 1.165) is 42.2 Å². The third kappa shape index (κ3) is 6.94. The first-order chi connectivity index (χ1) is 21.0. The van der Waals surface area contributed by atoms with E-state index >= 15 is 0 Å². The van der Waals surface area contributed by atoms with Crippen LogP contribution >= 0.6 is 19.4 Å². The van der Waals surface area contributed by atoms with Gasteiger partial charge in [0.15, 0.2) is 0 Å². The van der Waals surface area contributed by atoms with Crippen molar-refractivity contribution in [2.75, 3.05) is 22.9 Å². The summed E-state index contributed by atoms with van der Waals surface area (Å²) < 4.78 is 8.62. The van der Waals surface area contributed by atoms with Gasteiger partial charge in [0.25, 0.3) is 0 Å². The van der Waals surface area contributed by atoms with E-state index < -0.39 is 13.5 Å². The first-order valence-corrected chi connectivity index (χ1v) is 21.6. The molecule has 0 spiro atoms. The van der Waals surface area contributed by atoms with Crippen LogP contribution in [0.25, 0.3) is 0 Å². The Labute approximate surface area is 278 Å². The molecule has 0 radical (unpaired) electrons. The standard InChI is InChI=1S/C21H27N2.C17H20O.2ClH.Ru/c1-14-9-16(3)20(17(4)10-14)22-7-8-23(13-22)21-18(5)11-15(2)12-19(21)6;1-12-4-2-3-5-16(12)18-17-9-13-6-14(10-17)8-15(7-13)11-17;;;/h9-13H,7-8H2,1-6H3;1-5,13-15H,6-11H2;2*1H;/q-1;;;;+2/p-2. The molecule has 1 heterocycles. The SMILES string of the molecule is Cc1cc(C)c(N2[CH-]N(c3c(C)cc(C)cc3C)CC2)c(C)c1.[Cl][Ru]([Cl])=[CH]c1ccccc1OC12CC3CC(CC(C3)C1)C2. The van der Waals surface area contributed by atoms with Crippen LogP contribution in [0.5, 0.6) is 5.75 Å². The van der Waals surface area contributed by atoms with Crippen LogP contribution in [0.3, 0.4) is 0 Å². The van der Waals surface area contributed by atoms with Crippen molar-refractivity contribution in [3.63, 3.8) is 0 Å². The molecule has 0 aromatic heterocycles. The van der Waals surface area contributed by atoms with Crippen LogP contribution in [0.2, 0.25) is 0 Å². The third-order valence-electron chi connectivity index (χ3n) is 10.1. The normalized spacial score (nSPS) is 25.5. The van der Waals surface area contributed by atoms with Crippen LogP contribution in [0.15, 0.2) is 48.5 Å². The fourth-order valence-corrected chi connectivity index (χ4v) is 11.0. The van der Waals surface area contributed by atoms with Gasteiger partial charge in [0.2, 0.25) is 0 Å². The first kappa shape index (κ1) is 32.1. The Bertz CT molecular complexity index is 1420. The average molecular weight is 720 g/mol. The van der Waals surface area contributed by atoms with Crippen LogP contribution in [-0.2, 0) is 13.5 Å². The Morgan fingerprint density at radius 3 is 1.59 bits per heavy atom. The number of hydrogen-bond acceptors (Lipinski definition) is 3. The first-order valence-electron chi connectivity index (χ1n) is 16.1. The Kier molecular flexibility index (Phi) is 9.55. The molecule has 8 rings (SSSR count). The summed E-state index contributed by atoms with van der Waals surface area (Å²) >= 11 is -1.82. The van der Waals surface area contributed by atoms with Gasteiger partial charge in [0.05, 0.1) is 0 Å². The zero-order chi connectivity index (χ0) is 31.2. The molecule has 4 saturated carbocycles. The second kappa shape index (κ2) is 13.1. The number of hydrogen-bond donors (Lipinski definition) is 0. The molecule has 5 aliphatic rings. The van der Waals surface area contributed by atoms with Crippen molar-refractivity contribution in [1.29, 1.82) is 0 Å². The van der Waals surface area contributed by atoms with Gasteiger partial charge in [-0.25, -0.2) is 0 Å².